The number of aliphatic hydroxyl groups is 1. The Kier molecular flexibility index (Phi) is 8.15. The lowest BCUT2D eigenvalue weighted by Gasteiger charge is -2.25. The first-order valence-corrected chi connectivity index (χ1v) is 7.93. The highest BCUT2D eigenvalue weighted by molar-refractivity contribution is 6.00. The molecule has 0 radical (unpaired) electrons. The number of carbonyl (C=O) groups excluding carboxylic acids is 2. The molecule has 1 N–H and O–H groups in total. The van der Waals surface area contributed by atoms with Crippen LogP contribution < -0.4 is 0 Å². The first-order chi connectivity index (χ1) is 12.4. The summed E-state index contributed by atoms with van der Waals surface area (Å²) in [6, 6.07) is 9.54. The standard InChI is InChI=1S/C21H22O5/c1-5-18(22)12-9-14-21(19(23)25-3,20(24)26-4)15-13-16(2)17-10-7-6-8-11-17/h1,6-8,10-11,13,18,22H,14-15H2,2-4H3. The lowest BCUT2D eigenvalue weighted by atomic mass is 9.80. The number of aliphatic hydroxyl groups excluding tert-OH is 1. The Bertz CT molecular complexity index is 743. The van der Waals surface area contributed by atoms with E-state index in [1.807, 2.05) is 43.2 Å². The topological polar surface area (TPSA) is 72.8 Å². The van der Waals surface area contributed by atoms with Crippen LogP contribution in [-0.2, 0) is 19.1 Å². The summed E-state index contributed by atoms with van der Waals surface area (Å²) in [7, 11) is 2.38. The minimum Gasteiger partial charge on any atom is -0.468 e. The van der Waals surface area contributed by atoms with Crippen molar-refractivity contribution in [2.75, 3.05) is 14.2 Å². The highest BCUT2D eigenvalue weighted by atomic mass is 16.5. The molecule has 0 aliphatic carbocycles. The van der Waals surface area contributed by atoms with Gasteiger partial charge in [-0.2, -0.15) is 0 Å². The SMILES string of the molecule is C#CC(O)C#CCC(CC=C(C)c1ccccc1)(C(=O)OC)C(=O)OC. The molecule has 0 saturated carbocycles. The molecule has 1 unspecified atom stereocenters. The van der Waals surface area contributed by atoms with Crippen molar-refractivity contribution in [1.82, 2.24) is 0 Å². The van der Waals surface area contributed by atoms with Gasteiger partial charge >= 0.3 is 11.9 Å². The van der Waals surface area contributed by atoms with Crippen LogP contribution in [0.25, 0.3) is 5.57 Å². The van der Waals surface area contributed by atoms with E-state index in [2.05, 4.69) is 11.8 Å². The van der Waals surface area contributed by atoms with Gasteiger partial charge in [-0.3, -0.25) is 9.59 Å². The highest BCUT2D eigenvalue weighted by Crippen LogP contribution is 2.32. The van der Waals surface area contributed by atoms with Gasteiger partial charge in [0.25, 0.3) is 0 Å². The molecule has 0 amide bonds. The summed E-state index contributed by atoms with van der Waals surface area (Å²) in [6.45, 7) is 1.88. The van der Waals surface area contributed by atoms with Gasteiger partial charge in [-0.15, -0.1) is 6.42 Å². The lowest BCUT2D eigenvalue weighted by Crippen LogP contribution is -2.40. The molecule has 0 bridgehead atoms. The number of esters is 2. The van der Waals surface area contributed by atoms with E-state index in [9.17, 15) is 14.7 Å². The average molecular weight is 354 g/mol. The van der Waals surface area contributed by atoms with Crippen molar-refractivity contribution in [3.8, 4) is 24.2 Å². The number of rotatable bonds is 6. The van der Waals surface area contributed by atoms with E-state index in [0.717, 1.165) is 11.1 Å². The number of allylic oxidation sites excluding steroid dienone is 2. The van der Waals surface area contributed by atoms with Crippen molar-refractivity contribution in [2.45, 2.75) is 25.9 Å². The number of carbonyl (C=O) groups is 2. The van der Waals surface area contributed by atoms with Crippen LogP contribution in [-0.4, -0.2) is 37.4 Å². The van der Waals surface area contributed by atoms with Crippen molar-refractivity contribution < 1.29 is 24.2 Å². The molecule has 5 nitrogen and oxygen atoms in total. The van der Waals surface area contributed by atoms with Gasteiger partial charge in [0, 0.05) is 6.42 Å². The molecule has 26 heavy (non-hydrogen) atoms. The highest BCUT2D eigenvalue weighted by Gasteiger charge is 2.47. The van der Waals surface area contributed by atoms with Crippen molar-refractivity contribution in [3.05, 3.63) is 42.0 Å². The quantitative estimate of drug-likeness (QED) is 0.482. The normalized spacial score (nSPS) is 12.2. The molecule has 5 heteroatoms. The zero-order valence-electron chi connectivity index (χ0n) is 15.1. The Morgan fingerprint density at radius 1 is 1.23 bits per heavy atom. The van der Waals surface area contributed by atoms with Crippen LogP contribution in [0.2, 0.25) is 0 Å². The molecule has 0 aliphatic heterocycles. The minimum absolute atomic E-state index is 0.0356. The molecule has 1 aromatic rings. The van der Waals surface area contributed by atoms with Gasteiger partial charge in [-0.05, 0) is 24.5 Å². The molecule has 0 aromatic heterocycles. The van der Waals surface area contributed by atoms with Crippen LogP contribution in [0.4, 0.5) is 0 Å². The molecule has 1 rings (SSSR count). The van der Waals surface area contributed by atoms with Gasteiger partial charge in [0.2, 0.25) is 0 Å². The molecule has 1 atom stereocenters. The Labute approximate surface area is 154 Å². The Morgan fingerprint density at radius 3 is 2.31 bits per heavy atom. The average Bonchev–Trinajstić information content (AvgIpc) is 2.69. The van der Waals surface area contributed by atoms with Gasteiger partial charge in [-0.25, -0.2) is 0 Å². The number of terminal acetylenes is 1. The molecule has 0 fully saturated rings. The fourth-order valence-electron chi connectivity index (χ4n) is 2.34. The summed E-state index contributed by atoms with van der Waals surface area (Å²) in [6.07, 6.45) is 5.40. The number of methoxy groups -OCH3 is 2. The fourth-order valence-corrected chi connectivity index (χ4v) is 2.34. The largest absolute Gasteiger partial charge is 0.468 e. The molecular weight excluding hydrogens is 332 g/mol. The predicted octanol–water partition coefficient (Wildman–Crippen LogP) is 2.20. The zero-order valence-corrected chi connectivity index (χ0v) is 15.1. The van der Waals surface area contributed by atoms with E-state index in [1.54, 1.807) is 6.08 Å². The number of hydrogen-bond donors (Lipinski definition) is 1. The molecular formula is C21H22O5. The van der Waals surface area contributed by atoms with Crippen molar-refractivity contribution in [1.29, 1.82) is 0 Å². The van der Waals surface area contributed by atoms with E-state index in [-0.39, 0.29) is 12.8 Å². The minimum atomic E-state index is -1.64. The Hall–Kier alpha value is -3.02. The monoisotopic (exact) mass is 354 g/mol. The van der Waals surface area contributed by atoms with Crippen LogP contribution in [0, 0.1) is 29.6 Å². The zero-order chi connectivity index (χ0) is 19.6. The van der Waals surface area contributed by atoms with Gasteiger partial charge in [0.15, 0.2) is 11.5 Å². The lowest BCUT2D eigenvalue weighted by molar-refractivity contribution is -0.168. The van der Waals surface area contributed by atoms with E-state index in [4.69, 9.17) is 15.9 Å². The van der Waals surface area contributed by atoms with Crippen molar-refractivity contribution in [3.63, 3.8) is 0 Å². The maximum atomic E-state index is 12.4. The molecule has 136 valence electrons. The first kappa shape index (κ1) is 21.0. The van der Waals surface area contributed by atoms with E-state index >= 15 is 0 Å². The molecule has 0 aliphatic rings. The number of hydrogen-bond acceptors (Lipinski definition) is 5. The van der Waals surface area contributed by atoms with E-state index < -0.39 is 23.5 Å². The van der Waals surface area contributed by atoms with E-state index in [0.29, 0.717) is 0 Å². The summed E-state index contributed by atoms with van der Waals surface area (Å²) in [5, 5.41) is 9.36. The van der Waals surface area contributed by atoms with Gasteiger partial charge < -0.3 is 14.6 Å². The second kappa shape index (κ2) is 10.1. The molecule has 0 saturated heterocycles. The second-order valence-corrected chi connectivity index (χ2v) is 5.59. The van der Waals surface area contributed by atoms with Crippen LogP contribution in [0.3, 0.4) is 0 Å². The summed E-state index contributed by atoms with van der Waals surface area (Å²) in [5.74, 6) is 5.53. The first-order valence-electron chi connectivity index (χ1n) is 7.93. The molecule has 1 aromatic carbocycles. The van der Waals surface area contributed by atoms with Crippen LogP contribution >= 0.6 is 0 Å². The third-order valence-corrected chi connectivity index (χ3v) is 3.92. The predicted molar refractivity (Wildman–Crippen MR) is 98.4 cm³/mol. The molecule has 0 spiro atoms. The van der Waals surface area contributed by atoms with Crippen LogP contribution in [0.5, 0.6) is 0 Å². The maximum absolute atomic E-state index is 12.4. The molecule has 0 heterocycles. The summed E-state index contributed by atoms with van der Waals surface area (Å²) in [4.78, 5) is 24.8. The van der Waals surface area contributed by atoms with Crippen LogP contribution in [0.1, 0.15) is 25.3 Å². The number of benzene rings is 1. The summed E-state index contributed by atoms with van der Waals surface area (Å²) < 4.78 is 9.64. The Balaban J connectivity index is 3.24. The van der Waals surface area contributed by atoms with Crippen molar-refractivity contribution >= 4 is 17.5 Å². The smallest absolute Gasteiger partial charge is 0.324 e. The fraction of sp³-hybridized carbons (Fsp3) is 0.333. The third-order valence-electron chi connectivity index (χ3n) is 3.92. The summed E-state index contributed by atoms with van der Waals surface area (Å²) in [5.41, 5.74) is 0.213. The summed E-state index contributed by atoms with van der Waals surface area (Å²) >= 11 is 0. The van der Waals surface area contributed by atoms with Gasteiger partial charge in [0.05, 0.1) is 14.2 Å². The number of ether oxygens (including phenoxy) is 2. The maximum Gasteiger partial charge on any atom is 0.324 e. The third kappa shape index (κ3) is 5.24. The second-order valence-electron chi connectivity index (χ2n) is 5.59. The van der Waals surface area contributed by atoms with Gasteiger partial charge in [-0.1, -0.05) is 54.2 Å². The van der Waals surface area contributed by atoms with E-state index in [1.165, 1.54) is 14.2 Å². The van der Waals surface area contributed by atoms with Gasteiger partial charge in [0.1, 0.15) is 0 Å². The van der Waals surface area contributed by atoms with Crippen molar-refractivity contribution in [2.24, 2.45) is 5.41 Å². The van der Waals surface area contributed by atoms with Crippen LogP contribution in [0.15, 0.2) is 36.4 Å². The Morgan fingerprint density at radius 2 is 1.81 bits per heavy atom.